The SMILES string of the molecule is CC(=O)c1cccc(N(CC(=O)N(Cc2ccc(C)cc2)C(Cc2ccccc2)C(=O)NC2CCCCC2)S(C)(=O)=O)c1. The summed E-state index contributed by atoms with van der Waals surface area (Å²) in [6, 6.07) is 22.6. The van der Waals surface area contributed by atoms with Crippen LogP contribution in [0, 0.1) is 6.92 Å². The second-order valence-electron chi connectivity index (χ2n) is 11.4. The predicted octanol–water partition coefficient (Wildman–Crippen LogP) is 5.05. The summed E-state index contributed by atoms with van der Waals surface area (Å²) in [4.78, 5) is 41.8. The maximum Gasteiger partial charge on any atom is 0.244 e. The van der Waals surface area contributed by atoms with Crippen LogP contribution in [0.5, 0.6) is 0 Å². The van der Waals surface area contributed by atoms with E-state index in [0.29, 0.717) is 5.56 Å². The third-order valence-corrected chi connectivity index (χ3v) is 9.06. The lowest BCUT2D eigenvalue weighted by atomic mass is 9.94. The van der Waals surface area contributed by atoms with Crippen molar-refractivity contribution in [2.24, 2.45) is 0 Å². The van der Waals surface area contributed by atoms with Crippen molar-refractivity contribution in [3.8, 4) is 0 Å². The Morgan fingerprint density at radius 3 is 2.19 bits per heavy atom. The third-order valence-electron chi connectivity index (χ3n) is 7.92. The highest BCUT2D eigenvalue weighted by Gasteiger charge is 2.34. The van der Waals surface area contributed by atoms with Crippen LogP contribution < -0.4 is 9.62 Å². The number of sulfonamides is 1. The Balaban J connectivity index is 1.73. The van der Waals surface area contributed by atoms with Gasteiger partial charge in [-0.3, -0.25) is 18.7 Å². The van der Waals surface area contributed by atoms with Gasteiger partial charge in [-0.15, -0.1) is 0 Å². The topological polar surface area (TPSA) is 104 Å². The number of rotatable bonds is 12. The maximum atomic E-state index is 14.3. The molecule has 8 nitrogen and oxygen atoms in total. The van der Waals surface area contributed by atoms with Crippen LogP contribution in [0.4, 0.5) is 5.69 Å². The number of Topliss-reactive ketones (excluding diaryl/α,β-unsaturated/α-hetero) is 1. The van der Waals surface area contributed by atoms with Crippen LogP contribution in [0.3, 0.4) is 0 Å². The minimum absolute atomic E-state index is 0.0395. The molecule has 2 amide bonds. The Morgan fingerprint density at radius 1 is 0.884 bits per heavy atom. The summed E-state index contributed by atoms with van der Waals surface area (Å²) < 4.78 is 27.0. The molecule has 0 saturated heterocycles. The number of nitrogens with zero attached hydrogens (tertiary/aromatic N) is 2. The Morgan fingerprint density at radius 2 is 1.56 bits per heavy atom. The van der Waals surface area contributed by atoms with Gasteiger partial charge in [0.05, 0.1) is 11.9 Å². The standard InChI is InChI=1S/C34H41N3O5S/c1-25-17-19-28(20-18-25)23-36(33(39)24-37(43(3,41)42)31-16-10-13-29(22-31)26(2)38)32(21-27-11-6-4-7-12-27)34(40)35-30-14-8-5-9-15-30/h4,6-7,10-13,16-20,22,30,32H,5,8-9,14-15,21,23-24H2,1-3H3,(H,35,40). The average molecular weight is 604 g/mol. The first kappa shape index (κ1) is 31.9. The highest BCUT2D eigenvalue weighted by molar-refractivity contribution is 7.92. The Bertz CT molecular complexity index is 1520. The van der Waals surface area contributed by atoms with Crippen molar-refractivity contribution in [3.63, 3.8) is 0 Å². The minimum atomic E-state index is -3.92. The normalized spacial score (nSPS) is 14.5. The van der Waals surface area contributed by atoms with Crippen LogP contribution in [-0.2, 0) is 32.6 Å². The number of hydrogen-bond donors (Lipinski definition) is 1. The molecule has 1 N–H and O–H groups in total. The van der Waals surface area contributed by atoms with Crippen LogP contribution in [0.25, 0.3) is 0 Å². The molecule has 4 rings (SSSR count). The summed E-state index contributed by atoms with van der Waals surface area (Å²) in [5.74, 6) is -0.982. The molecular weight excluding hydrogens is 562 g/mol. The third kappa shape index (κ3) is 9.00. The second kappa shape index (κ2) is 14.5. The summed E-state index contributed by atoms with van der Waals surface area (Å²) in [7, 11) is -3.92. The van der Waals surface area contributed by atoms with Gasteiger partial charge in [0.25, 0.3) is 0 Å². The molecule has 0 bridgehead atoms. The number of aryl methyl sites for hydroxylation is 1. The fourth-order valence-electron chi connectivity index (χ4n) is 5.48. The number of nitrogens with one attached hydrogen (secondary N) is 1. The number of benzene rings is 3. The number of anilines is 1. The number of carbonyl (C=O) groups is 3. The molecule has 9 heteroatoms. The lowest BCUT2D eigenvalue weighted by Crippen LogP contribution is -2.55. The van der Waals surface area contributed by atoms with E-state index in [0.717, 1.165) is 59.4 Å². The highest BCUT2D eigenvalue weighted by Crippen LogP contribution is 2.23. The Hall–Kier alpha value is -3.98. The number of amides is 2. The van der Waals surface area contributed by atoms with Crippen molar-refractivity contribution >= 4 is 33.3 Å². The van der Waals surface area contributed by atoms with E-state index >= 15 is 0 Å². The van der Waals surface area contributed by atoms with Gasteiger partial charge in [-0.2, -0.15) is 0 Å². The van der Waals surface area contributed by atoms with Gasteiger partial charge in [0.15, 0.2) is 5.78 Å². The predicted molar refractivity (Wildman–Crippen MR) is 169 cm³/mol. The molecule has 3 aromatic carbocycles. The molecular formula is C34H41N3O5S. The maximum absolute atomic E-state index is 14.3. The summed E-state index contributed by atoms with van der Waals surface area (Å²) >= 11 is 0. The van der Waals surface area contributed by atoms with Crippen molar-refractivity contribution in [1.29, 1.82) is 0 Å². The van der Waals surface area contributed by atoms with Gasteiger partial charge < -0.3 is 10.2 Å². The minimum Gasteiger partial charge on any atom is -0.352 e. The van der Waals surface area contributed by atoms with Crippen molar-refractivity contribution in [3.05, 3.63) is 101 Å². The Kier molecular flexibility index (Phi) is 10.7. The Labute approximate surface area is 255 Å². The van der Waals surface area contributed by atoms with Gasteiger partial charge >= 0.3 is 0 Å². The van der Waals surface area contributed by atoms with Crippen LogP contribution in [0.2, 0.25) is 0 Å². The lowest BCUT2D eigenvalue weighted by molar-refractivity contribution is -0.140. The van der Waals surface area contributed by atoms with E-state index < -0.39 is 28.5 Å². The lowest BCUT2D eigenvalue weighted by Gasteiger charge is -2.35. The number of ketones is 1. The van der Waals surface area contributed by atoms with Gasteiger partial charge in [-0.25, -0.2) is 8.42 Å². The van der Waals surface area contributed by atoms with E-state index in [2.05, 4.69) is 5.32 Å². The first-order valence-corrected chi connectivity index (χ1v) is 16.6. The van der Waals surface area contributed by atoms with E-state index in [1.165, 1.54) is 17.9 Å². The molecule has 1 atom stereocenters. The molecule has 1 unspecified atom stereocenters. The number of hydrogen-bond acceptors (Lipinski definition) is 5. The fraction of sp³-hybridized carbons (Fsp3) is 0.382. The largest absolute Gasteiger partial charge is 0.352 e. The van der Waals surface area contributed by atoms with Gasteiger partial charge in [-0.1, -0.05) is 91.6 Å². The molecule has 1 fully saturated rings. The van der Waals surface area contributed by atoms with Crippen molar-refractivity contribution in [1.82, 2.24) is 10.2 Å². The molecule has 0 spiro atoms. The van der Waals surface area contributed by atoms with Gasteiger partial charge in [-0.05, 0) is 49.9 Å². The first-order chi connectivity index (χ1) is 20.5. The molecule has 1 saturated carbocycles. The van der Waals surface area contributed by atoms with E-state index in [1.807, 2.05) is 61.5 Å². The molecule has 3 aromatic rings. The molecule has 228 valence electrons. The zero-order valence-electron chi connectivity index (χ0n) is 25.2. The summed E-state index contributed by atoms with van der Waals surface area (Å²) in [5.41, 5.74) is 3.33. The smallest absolute Gasteiger partial charge is 0.244 e. The van der Waals surface area contributed by atoms with Gasteiger partial charge in [0.2, 0.25) is 21.8 Å². The van der Waals surface area contributed by atoms with E-state index in [4.69, 9.17) is 0 Å². The van der Waals surface area contributed by atoms with Gasteiger partial charge in [0.1, 0.15) is 12.6 Å². The van der Waals surface area contributed by atoms with Gasteiger partial charge in [0, 0.05) is 24.6 Å². The van der Waals surface area contributed by atoms with Crippen molar-refractivity contribution < 1.29 is 22.8 Å². The summed E-state index contributed by atoms with van der Waals surface area (Å²) in [5, 5.41) is 3.20. The average Bonchev–Trinajstić information content (AvgIpc) is 2.99. The monoisotopic (exact) mass is 603 g/mol. The zero-order valence-corrected chi connectivity index (χ0v) is 26.0. The zero-order chi connectivity index (χ0) is 31.0. The molecule has 0 aliphatic heterocycles. The fourth-order valence-corrected chi connectivity index (χ4v) is 6.32. The second-order valence-corrected chi connectivity index (χ2v) is 13.3. The highest BCUT2D eigenvalue weighted by atomic mass is 32.2. The van der Waals surface area contributed by atoms with Crippen molar-refractivity contribution in [2.75, 3.05) is 17.1 Å². The van der Waals surface area contributed by atoms with Crippen LogP contribution in [0.15, 0.2) is 78.9 Å². The number of carbonyl (C=O) groups excluding carboxylic acids is 3. The van der Waals surface area contributed by atoms with E-state index in [-0.39, 0.29) is 36.4 Å². The van der Waals surface area contributed by atoms with Crippen LogP contribution in [0.1, 0.15) is 66.1 Å². The van der Waals surface area contributed by atoms with Crippen LogP contribution in [-0.4, -0.2) is 55.8 Å². The van der Waals surface area contributed by atoms with Crippen LogP contribution >= 0.6 is 0 Å². The summed E-state index contributed by atoms with van der Waals surface area (Å²) in [6.07, 6.45) is 6.32. The van der Waals surface area contributed by atoms with Crippen molar-refractivity contribution in [2.45, 2.75) is 71.0 Å². The quantitative estimate of drug-likeness (QED) is 0.292. The molecule has 0 heterocycles. The van der Waals surface area contributed by atoms with E-state index in [9.17, 15) is 22.8 Å². The van der Waals surface area contributed by atoms with E-state index in [1.54, 1.807) is 18.2 Å². The molecule has 1 aliphatic rings. The molecule has 0 radical (unpaired) electrons. The summed E-state index contributed by atoms with van der Waals surface area (Å²) in [6.45, 7) is 2.98. The molecule has 1 aliphatic carbocycles. The molecule has 0 aromatic heterocycles. The first-order valence-electron chi connectivity index (χ1n) is 14.8. The molecule has 43 heavy (non-hydrogen) atoms.